The molecule has 0 unspecified atom stereocenters. The second-order valence-corrected chi connectivity index (χ2v) is 5.09. The van der Waals surface area contributed by atoms with E-state index < -0.39 is 0 Å². The fourth-order valence-corrected chi connectivity index (χ4v) is 2.62. The summed E-state index contributed by atoms with van der Waals surface area (Å²) in [6.07, 6.45) is 0. The van der Waals surface area contributed by atoms with Crippen LogP contribution in [0.3, 0.4) is 0 Å². The smallest absolute Gasteiger partial charge is 0.132 e. The van der Waals surface area contributed by atoms with Crippen LogP contribution in [0.5, 0.6) is 0 Å². The van der Waals surface area contributed by atoms with Crippen LogP contribution in [-0.2, 0) is 0 Å². The van der Waals surface area contributed by atoms with Crippen molar-refractivity contribution in [3.63, 3.8) is 0 Å². The maximum absolute atomic E-state index is 5.77. The van der Waals surface area contributed by atoms with E-state index in [0.29, 0.717) is 5.82 Å². The lowest BCUT2D eigenvalue weighted by Crippen LogP contribution is -1.99. The van der Waals surface area contributed by atoms with E-state index in [4.69, 9.17) is 10.7 Å². The van der Waals surface area contributed by atoms with Gasteiger partial charge in [-0.25, -0.2) is 9.97 Å². The summed E-state index contributed by atoms with van der Waals surface area (Å²) in [6, 6.07) is 21.7. The Labute approximate surface area is 127 Å². The molecule has 0 bridgehead atoms. The van der Waals surface area contributed by atoms with Crippen molar-refractivity contribution >= 4 is 39.1 Å². The number of hydrogen-bond acceptors (Lipinski definition) is 4. The predicted octanol–water partition coefficient (Wildman–Crippen LogP) is 4.11. The number of hydrogen-bond donors (Lipinski definition) is 2. The van der Waals surface area contributed by atoms with Gasteiger partial charge in [-0.15, -0.1) is 0 Å². The van der Waals surface area contributed by atoms with E-state index in [9.17, 15) is 0 Å². The standard InChI is InChI=1S/C18H14N4/c19-16-10-5-11-17(21-16)22-18-12-6-1-3-8-14(12)20-15-9-4-2-7-13(15)18/h1-11H,(H3,19,20,21,22). The van der Waals surface area contributed by atoms with Gasteiger partial charge >= 0.3 is 0 Å². The molecule has 0 fully saturated rings. The fraction of sp³-hybridized carbons (Fsp3) is 0. The Kier molecular flexibility index (Phi) is 2.86. The van der Waals surface area contributed by atoms with Gasteiger partial charge in [-0.2, -0.15) is 0 Å². The first-order chi connectivity index (χ1) is 10.8. The molecule has 0 spiro atoms. The summed E-state index contributed by atoms with van der Waals surface area (Å²) >= 11 is 0. The summed E-state index contributed by atoms with van der Waals surface area (Å²) in [7, 11) is 0. The van der Waals surface area contributed by atoms with E-state index >= 15 is 0 Å². The Morgan fingerprint density at radius 1 is 0.682 bits per heavy atom. The number of nitrogen functional groups attached to an aromatic ring is 1. The highest BCUT2D eigenvalue weighted by atomic mass is 15.0. The predicted molar refractivity (Wildman–Crippen MR) is 91.2 cm³/mol. The van der Waals surface area contributed by atoms with E-state index in [1.54, 1.807) is 6.07 Å². The number of pyridine rings is 2. The Morgan fingerprint density at radius 2 is 1.32 bits per heavy atom. The van der Waals surface area contributed by atoms with E-state index in [1.165, 1.54) is 0 Å². The van der Waals surface area contributed by atoms with Crippen molar-refractivity contribution in [1.29, 1.82) is 0 Å². The number of nitrogens with zero attached hydrogens (tertiary/aromatic N) is 2. The molecule has 0 atom stereocenters. The molecular weight excluding hydrogens is 272 g/mol. The van der Waals surface area contributed by atoms with Crippen LogP contribution in [0.4, 0.5) is 17.3 Å². The molecule has 4 nitrogen and oxygen atoms in total. The van der Waals surface area contributed by atoms with Gasteiger partial charge in [-0.05, 0) is 24.3 Å². The molecule has 2 aromatic heterocycles. The summed E-state index contributed by atoms with van der Waals surface area (Å²) in [5.41, 5.74) is 8.68. The topological polar surface area (TPSA) is 63.8 Å². The van der Waals surface area contributed by atoms with Gasteiger partial charge in [0.25, 0.3) is 0 Å². The molecule has 22 heavy (non-hydrogen) atoms. The molecule has 4 rings (SSSR count). The van der Waals surface area contributed by atoms with E-state index in [-0.39, 0.29) is 0 Å². The number of aromatic nitrogens is 2. The molecule has 4 heteroatoms. The summed E-state index contributed by atoms with van der Waals surface area (Å²) in [5.74, 6) is 1.22. The van der Waals surface area contributed by atoms with Gasteiger partial charge in [0.2, 0.25) is 0 Å². The summed E-state index contributed by atoms with van der Waals surface area (Å²) in [5, 5.41) is 5.52. The van der Waals surface area contributed by atoms with Gasteiger partial charge in [0, 0.05) is 10.8 Å². The number of benzene rings is 2. The monoisotopic (exact) mass is 286 g/mol. The highest BCUT2D eigenvalue weighted by Crippen LogP contribution is 2.32. The van der Waals surface area contributed by atoms with Crippen LogP contribution in [0.1, 0.15) is 0 Å². The van der Waals surface area contributed by atoms with Crippen molar-refractivity contribution < 1.29 is 0 Å². The van der Waals surface area contributed by atoms with Crippen LogP contribution in [0.25, 0.3) is 21.8 Å². The lowest BCUT2D eigenvalue weighted by Gasteiger charge is -2.12. The largest absolute Gasteiger partial charge is 0.384 e. The van der Waals surface area contributed by atoms with Crippen LogP contribution in [0.15, 0.2) is 66.7 Å². The minimum atomic E-state index is 0.493. The normalized spacial score (nSPS) is 10.9. The first-order valence-corrected chi connectivity index (χ1v) is 7.08. The first kappa shape index (κ1) is 12.6. The van der Waals surface area contributed by atoms with Crippen molar-refractivity contribution in [2.45, 2.75) is 0 Å². The van der Waals surface area contributed by atoms with E-state index in [0.717, 1.165) is 33.3 Å². The SMILES string of the molecule is Nc1cccc(Nc2c3ccccc3nc3ccccc23)n1. The summed E-state index contributed by atoms with van der Waals surface area (Å²) in [6.45, 7) is 0. The van der Waals surface area contributed by atoms with Gasteiger partial charge in [0.15, 0.2) is 0 Å². The molecule has 3 N–H and O–H groups in total. The van der Waals surface area contributed by atoms with Crippen LogP contribution in [0.2, 0.25) is 0 Å². The van der Waals surface area contributed by atoms with Crippen molar-refractivity contribution in [3.8, 4) is 0 Å². The van der Waals surface area contributed by atoms with Crippen molar-refractivity contribution in [3.05, 3.63) is 66.7 Å². The van der Waals surface area contributed by atoms with Gasteiger partial charge in [0.1, 0.15) is 11.6 Å². The third-order valence-electron chi connectivity index (χ3n) is 3.61. The number of nitrogens with one attached hydrogen (secondary N) is 1. The summed E-state index contributed by atoms with van der Waals surface area (Å²) < 4.78 is 0. The number of fused-ring (bicyclic) bond motifs is 2. The maximum atomic E-state index is 5.77. The summed E-state index contributed by atoms with van der Waals surface area (Å²) in [4.78, 5) is 9.04. The highest BCUT2D eigenvalue weighted by molar-refractivity contribution is 6.08. The third-order valence-corrected chi connectivity index (χ3v) is 3.61. The fourth-order valence-electron chi connectivity index (χ4n) is 2.62. The van der Waals surface area contributed by atoms with Gasteiger partial charge in [0.05, 0.1) is 16.7 Å². The Morgan fingerprint density at radius 3 is 1.95 bits per heavy atom. The second kappa shape index (κ2) is 5.00. The molecule has 0 radical (unpaired) electrons. The molecule has 4 aromatic rings. The van der Waals surface area contributed by atoms with Crippen LogP contribution < -0.4 is 11.1 Å². The third kappa shape index (κ3) is 2.11. The molecule has 0 aliphatic heterocycles. The van der Waals surface area contributed by atoms with Gasteiger partial charge in [-0.3, -0.25) is 0 Å². The van der Waals surface area contributed by atoms with Gasteiger partial charge in [-0.1, -0.05) is 42.5 Å². The first-order valence-electron chi connectivity index (χ1n) is 7.08. The lowest BCUT2D eigenvalue weighted by molar-refractivity contribution is 1.32. The van der Waals surface area contributed by atoms with Crippen LogP contribution in [-0.4, -0.2) is 9.97 Å². The molecule has 0 aliphatic rings. The molecule has 0 amide bonds. The second-order valence-electron chi connectivity index (χ2n) is 5.09. The van der Waals surface area contributed by atoms with Crippen molar-refractivity contribution in [2.75, 3.05) is 11.1 Å². The Balaban J connectivity index is 2.00. The molecular formula is C18H14N4. The highest BCUT2D eigenvalue weighted by Gasteiger charge is 2.09. The van der Waals surface area contributed by atoms with E-state index in [2.05, 4.69) is 22.4 Å². The maximum Gasteiger partial charge on any atom is 0.132 e. The molecule has 2 heterocycles. The minimum absolute atomic E-state index is 0.493. The van der Waals surface area contributed by atoms with Gasteiger partial charge < -0.3 is 11.1 Å². The zero-order valence-electron chi connectivity index (χ0n) is 11.8. The average Bonchev–Trinajstić information content (AvgIpc) is 2.55. The molecule has 2 aromatic carbocycles. The Hall–Kier alpha value is -3.14. The minimum Gasteiger partial charge on any atom is -0.384 e. The number of anilines is 3. The molecule has 0 saturated carbocycles. The average molecular weight is 286 g/mol. The zero-order chi connectivity index (χ0) is 14.9. The molecule has 0 saturated heterocycles. The number of para-hydroxylation sites is 2. The zero-order valence-corrected chi connectivity index (χ0v) is 11.8. The number of rotatable bonds is 2. The molecule has 0 aliphatic carbocycles. The van der Waals surface area contributed by atoms with E-state index in [1.807, 2.05) is 48.5 Å². The van der Waals surface area contributed by atoms with Crippen molar-refractivity contribution in [1.82, 2.24) is 9.97 Å². The lowest BCUT2D eigenvalue weighted by atomic mass is 10.1. The van der Waals surface area contributed by atoms with Crippen molar-refractivity contribution in [2.24, 2.45) is 0 Å². The number of nitrogens with two attached hydrogens (primary N) is 1. The molecule has 106 valence electrons. The Bertz CT molecular complexity index is 925. The van der Waals surface area contributed by atoms with Crippen LogP contribution >= 0.6 is 0 Å². The van der Waals surface area contributed by atoms with Crippen LogP contribution in [0, 0.1) is 0 Å². The quantitative estimate of drug-likeness (QED) is 0.544.